The molecule has 5 N–H and O–H groups in total. The van der Waals surface area contributed by atoms with Gasteiger partial charge in [-0.1, -0.05) is 51.1 Å². The topological polar surface area (TPSA) is 98.2 Å². The van der Waals surface area contributed by atoms with Crippen LogP contribution in [0, 0.1) is 5.41 Å². The normalized spacial score (nSPS) is 14.3. The second-order valence-electron chi connectivity index (χ2n) is 6.52. The molecule has 0 aliphatic heterocycles. The van der Waals surface area contributed by atoms with Gasteiger partial charge in [0.2, 0.25) is 11.8 Å². The van der Waals surface area contributed by atoms with Gasteiger partial charge < -0.3 is 16.8 Å². The van der Waals surface area contributed by atoms with Gasteiger partial charge in [-0.3, -0.25) is 9.59 Å². The van der Waals surface area contributed by atoms with Gasteiger partial charge in [-0.15, -0.1) is 0 Å². The summed E-state index contributed by atoms with van der Waals surface area (Å²) in [5.41, 5.74) is 12.1. The highest BCUT2D eigenvalue weighted by molar-refractivity contribution is 5.89. The smallest absolute Gasteiger partial charge is 0.240 e. The first-order valence-electron chi connectivity index (χ1n) is 7.08. The van der Waals surface area contributed by atoms with Crippen molar-refractivity contribution >= 4 is 11.8 Å². The van der Waals surface area contributed by atoms with Crippen LogP contribution in [-0.4, -0.2) is 23.9 Å². The fourth-order valence-electron chi connectivity index (χ4n) is 2.10. The monoisotopic (exact) mass is 291 g/mol. The summed E-state index contributed by atoms with van der Waals surface area (Å²) < 4.78 is 0. The molecule has 2 atom stereocenters. The second-order valence-corrected chi connectivity index (χ2v) is 6.52. The van der Waals surface area contributed by atoms with Crippen molar-refractivity contribution in [2.24, 2.45) is 16.9 Å². The Balaban J connectivity index is 2.66. The Morgan fingerprint density at radius 3 is 2.24 bits per heavy atom. The summed E-state index contributed by atoms with van der Waals surface area (Å²) in [5, 5.41) is 2.65. The van der Waals surface area contributed by atoms with E-state index in [0.717, 1.165) is 5.56 Å². The maximum atomic E-state index is 12.1. The van der Waals surface area contributed by atoms with Gasteiger partial charge in [0.15, 0.2) is 0 Å². The molecule has 0 radical (unpaired) electrons. The van der Waals surface area contributed by atoms with E-state index in [0.29, 0.717) is 12.8 Å². The molecule has 0 fully saturated rings. The van der Waals surface area contributed by atoms with E-state index in [1.54, 1.807) is 0 Å². The molecule has 1 aromatic rings. The molecule has 0 aliphatic carbocycles. The molecule has 5 heteroatoms. The Bertz CT molecular complexity index is 480. The van der Waals surface area contributed by atoms with E-state index in [2.05, 4.69) is 5.32 Å². The summed E-state index contributed by atoms with van der Waals surface area (Å²) in [6, 6.07) is 8.02. The number of rotatable bonds is 6. The van der Waals surface area contributed by atoms with E-state index >= 15 is 0 Å². The van der Waals surface area contributed by atoms with Crippen molar-refractivity contribution in [2.45, 2.75) is 45.7 Å². The zero-order chi connectivity index (χ0) is 16.0. The largest absolute Gasteiger partial charge is 0.368 e. The molecule has 21 heavy (non-hydrogen) atoms. The lowest BCUT2D eigenvalue weighted by Gasteiger charge is -2.24. The highest BCUT2D eigenvalue weighted by Gasteiger charge is 2.25. The number of carbonyl (C=O) groups is 2. The Labute approximate surface area is 126 Å². The number of carbonyl (C=O) groups excluding carboxylic acids is 2. The van der Waals surface area contributed by atoms with Crippen molar-refractivity contribution in [2.75, 3.05) is 0 Å². The van der Waals surface area contributed by atoms with Crippen LogP contribution in [-0.2, 0) is 16.0 Å². The first-order valence-corrected chi connectivity index (χ1v) is 7.08. The quantitative estimate of drug-likeness (QED) is 0.728. The van der Waals surface area contributed by atoms with Crippen molar-refractivity contribution in [1.82, 2.24) is 5.32 Å². The zero-order valence-corrected chi connectivity index (χ0v) is 12.9. The minimum Gasteiger partial charge on any atom is -0.368 e. The predicted octanol–water partition coefficient (Wildman–Crippen LogP) is 0.963. The molecule has 0 spiro atoms. The van der Waals surface area contributed by atoms with Crippen LogP contribution < -0.4 is 16.8 Å². The van der Waals surface area contributed by atoms with Crippen LogP contribution in [0.5, 0.6) is 0 Å². The number of benzene rings is 1. The Kier molecular flexibility index (Phi) is 5.90. The Morgan fingerprint density at radius 2 is 1.76 bits per heavy atom. The number of nitrogens with one attached hydrogen (secondary N) is 1. The molecular weight excluding hydrogens is 266 g/mol. The maximum Gasteiger partial charge on any atom is 0.240 e. The number of nitrogens with two attached hydrogens (primary N) is 2. The molecule has 0 unspecified atom stereocenters. The lowest BCUT2D eigenvalue weighted by molar-refractivity contribution is -0.128. The predicted molar refractivity (Wildman–Crippen MR) is 83.3 cm³/mol. The third-order valence-corrected chi connectivity index (χ3v) is 3.11. The van der Waals surface area contributed by atoms with Gasteiger partial charge in [0.25, 0.3) is 0 Å². The molecule has 0 heterocycles. The summed E-state index contributed by atoms with van der Waals surface area (Å²) in [6.07, 6.45) is 0.903. The third-order valence-electron chi connectivity index (χ3n) is 3.11. The first-order chi connectivity index (χ1) is 9.69. The third kappa shape index (κ3) is 6.40. The highest BCUT2D eigenvalue weighted by Crippen LogP contribution is 2.20. The second kappa shape index (κ2) is 7.22. The number of hydrogen-bond donors (Lipinski definition) is 3. The van der Waals surface area contributed by atoms with Crippen molar-refractivity contribution in [3.8, 4) is 0 Å². The summed E-state index contributed by atoms with van der Waals surface area (Å²) in [4.78, 5) is 23.6. The maximum absolute atomic E-state index is 12.1. The molecule has 0 aliphatic rings. The molecule has 0 bridgehead atoms. The van der Waals surface area contributed by atoms with Crippen LogP contribution in [0.15, 0.2) is 30.3 Å². The SMILES string of the molecule is CC(C)(C)C[C@H](N)C(=O)N[C@@H](Cc1ccccc1)C(N)=O. The van der Waals surface area contributed by atoms with Crippen molar-refractivity contribution < 1.29 is 9.59 Å². The lowest BCUT2D eigenvalue weighted by Crippen LogP contribution is -2.52. The molecule has 5 nitrogen and oxygen atoms in total. The van der Waals surface area contributed by atoms with Gasteiger partial charge in [-0.2, -0.15) is 0 Å². The molecule has 0 saturated heterocycles. The van der Waals surface area contributed by atoms with Gasteiger partial charge in [0, 0.05) is 6.42 Å². The van der Waals surface area contributed by atoms with E-state index in [4.69, 9.17) is 11.5 Å². The van der Waals surface area contributed by atoms with Gasteiger partial charge >= 0.3 is 0 Å². The molecule has 2 amide bonds. The Morgan fingerprint density at radius 1 is 1.19 bits per heavy atom. The van der Waals surface area contributed by atoms with E-state index < -0.39 is 18.0 Å². The van der Waals surface area contributed by atoms with Crippen LogP contribution in [0.1, 0.15) is 32.8 Å². The number of primary amides is 1. The van der Waals surface area contributed by atoms with Crippen LogP contribution in [0.25, 0.3) is 0 Å². The fraction of sp³-hybridized carbons (Fsp3) is 0.500. The summed E-state index contributed by atoms with van der Waals surface area (Å²) >= 11 is 0. The minimum atomic E-state index is -0.745. The average molecular weight is 291 g/mol. The van der Waals surface area contributed by atoms with Crippen LogP contribution in [0.3, 0.4) is 0 Å². The van der Waals surface area contributed by atoms with Crippen molar-refractivity contribution in [3.63, 3.8) is 0 Å². The number of amides is 2. The van der Waals surface area contributed by atoms with E-state index in [9.17, 15) is 9.59 Å². The van der Waals surface area contributed by atoms with E-state index in [1.807, 2.05) is 51.1 Å². The number of hydrogen-bond acceptors (Lipinski definition) is 3. The average Bonchev–Trinajstić information content (AvgIpc) is 2.36. The lowest BCUT2D eigenvalue weighted by atomic mass is 9.88. The zero-order valence-electron chi connectivity index (χ0n) is 12.9. The highest BCUT2D eigenvalue weighted by atomic mass is 16.2. The van der Waals surface area contributed by atoms with Gasteiger partial charge in [0.1, 0.15) is 6.04 Å². The minimum absolute atomic E-state index is 0.0571. The molecule has 0 aromatic heterocycles. The summed E-state index contributed by atoms with van der Waals surface area (Å²) in [6.45, 7) is 6.03. The van der Waals surface area contributed by atoms with Crippen molar-refractivity contribution in [1.29, 1.82) is 0 Å². The van der Waals surface area contributed by atoms with Gasteiger partial charge in [-0.25, -0.2) is 0 Å². The Hall–Kier alpha value is -1.88. The molecular formula is C16H25N3O2. The molecule has 1 aromatic carbocycles. The standard InChI is InChI=1S/C16H25N3O2/c1-16(2,3)10-12(17)15(21)19-13(14(18)20)9-11-7-5-4-6-8-11/h4-8,12-13H,9-10,17H2,1-3H3,(H2,18,20)(H,19,21)/t12-,13-/m0/s1. The van der Waals surface area contributed by atoms with Crippen LogP contribution in [0.4, 0.5) is 0 Å². The fourth-order valence-corrected chi connectivity index (χ4v) is 2.10. The molecule has 1 rings (SSSR count). The van der Waals surface area contributed by atoms with Crippen LogP contribution in [0.2, 0.25) is 0 Å². The van der Waals surface area contributed by atoms with E-state index in [1.165, 1.54) is 0 Å². The first kappa shape index (κ1) is 17.2. The van der Waals surface area contributed by atoms with E-state index in [-0.39, 0.29) is 11.3 Å². The van der Waals surface area contributed by atoms with Gasteiger partial charge in [-0.05, 0) is 17.4 Å². The summed E-state index contributed by atoms with van der Waals surface area (Å²) in [7, 11) is 0. The molecule has 0 saturated carbocycles. The summed E-state index contributed by atoms with van der Waals surface area (Å²) in [5.74, 6) is -0.903. The molecule has 116 valence electrons. The van der Waals surface area contributed by atoms with Crippen LogP contribution >= 0.6 is 0 Å². The van der Waals surface area contributed by atoms with Gasteiger partial charge in [0.05, 0.1) is 6.04 Å². The van der Waals surface area contributed by atoms with Crippen molar-refractivity contribution in [3.05, 3.63) is 35.9 Å².